The summed E-state index contributed by atoms with van der Waals surface area (Å²) in [5.74, 6) is 0.298. The summed E-state index contributed by atoms with van der Waals surface area (Å²) in [5, 5.41) is 48.6. The van der Waals surface area contributed by atoms with Crippen molar-refractivity contribution in [2.24, 2.45) is 46.3 Å². The number of nitro benzene ring substituents is 1. The molecule has 4 fully saturated rings. The molecule has 1 aromatic carbocycles. The molecule has 11 atom stereocenters. The fourth-order valence-corrected chi connectivity index (χ4v) is 11.0. The maximum absolute atomic E-state index is 12.5. The Hall–Kier alpha value is -2.88. The van der Waals surface area contributed by atoms with Crippen molar-refractivity contribution >= 4 is 38.4 Å². The van der Waals surface area contributed by atoms with Gasteiger partial charge in [0.15, 0.2) is 5.52 Å². The lowest BCUT2D eigenvalue weighted by atomic mass is 9.42. The van der Waals surface area contributed by atoms with Gasteiger partial charge in [-0.1, -0.05) is 20.8 Å². The lowest BCUT2D eigenvalue weighted by Crippen LogP contribution is -2.63. The number of rotatable bonds is 10. The Morgan fingerprint density at radius 1 is 1.13 bits per heavy atom. The summed E-state index contributed by atoms with van der Waals surface area (Å²) in [4.78, 5) is 23.6. The van der Waals surface area contributed by atoms with Gasteiger partial charge in [0.25, 0.3) is 10.1 Å². The minimum atomic E-state index is -4.15. The molecule has 0 unspecified atom stereocenters. The van der Waals surface area contributed by atoms with Gasteiger partial charge in [0.05, 0.1) is 28.6 Å². The number of carbonyl (C=O) groups excluding carboxylic acids is 1. The number of nitro groups is 1. The number of hydrogen-bond donors (Lipinski definition) is 5. The second-order valence-electron chi connectivity index (χ2n) is 15.2. The van der Waals surface area contributed by atoms with Gasteiger partial charge in [0.2, 0.25) is 11.4 Å². The summed E-state index contributed by atoms with van der Waals surface area (Å²) < 4.78 is 35.9. The van der Waals surface area contributed by atoms with Gasteiger partial charge in [-0.15, -0.1) is 0 Å². The van der Waals surface area contributed by atoms with Gasteiger partial charge in [0.1, 0.15) is 0 Å². The molecular weight excluding hydrogens is 630 g/mol. The fourth-order valence-electron chi connectivity index (χ4n) is 10.6. The van der Waals surface area contributed by atoms with Gasteiger partial charge >= 0.3 is 5.69 Å². The standard InChI is InChI=1S/C32H47N5O9S/c1-17(4-9-27(40)33-12-13-47(43,44)45)20-5-6-21-28-22(16-26(39)32(20,21)3)31(2)11-10-19(38)14-18(31)15-24(28)34-23-7-8-25(37(41)42)30-29(23)35-46-36-30/h7-8,17-22,24,26,28,34,38-39H,4-6,9-16H2,1-3H3,(H,33,40)(H,43,44,45)/t17-,18+,19-,20-,21+,22+,24+,26+,28+,31+,32-/m1/s1. The SMILES string of the molecule is C[C@H](CCC(=O)NCCS(=O)(=O)O)[C@H]1CC[C@H]2[C@@H]3[C@@H](Nc4ccc([N+](=O)[O-])c5nonc45)C[C@@H]4C[C@H](O)CC[C@]4(C)[C@H]3C[C@H](O)[C@]12C. The molecule has 4 aliphatic rings. The lowest BCUT2D eigenvalue weighted by molar-refractivity contribution is -0.383. The first-order valence-electron chi connectivity index (χ1n) is 16.9. The van der Waals surface area contributed by atoms with Crippen LogP contribution in [0.15, 0.2) is 16.8 Å². The number of nitrogens with zero attached hydrogens (tertiary/aromatic N) is 3. The van der Waals surface area contributed by atoms with Crippen LogP contribution in [0.3, 0.4) is 0 Å². The molecule has 1 amide bonds. The van der Waals surface area contributed by atoms with Crippen LogP contribution in [0, 0.1) is 56.5 Å². The van der Waals surface area contributed by atoms with Crippen LogP contribution < -0.4 is 10.6 Å². The Kier molecular flexibility index (Phi) is 9.07. The van der Waals surface area contributed by atoms with Crippen molar-refractivity contribution in [3.8, 4) is 0 Å². The lowest BCUT2D eigenvalue weighted by Gasteiger charge is -2.64. The molecule has 47 heavy (non-hydrogen) atoms. The largest absolute Gasteiger partial charge is 0.393 e. The number of amides is 1. The number of aliphatic hydroxyl groups excluding tert-OH is 2. The predicted octanol–water partition coefficient (Wildman–Crippen LogP) is 3.93. The van der Waals surface area contributed by atoms with Crippen LogP contribution in [0.2, 0.25) is 0 Å². The van der Waals surface area contributed by atoms with Crippen molar-refractivity contribution < 1.29 is 37.5 Å². The average Bonchev–Trinajstić information content (AvgIpc) is 3.63. The number of carbonyl (C=O) groups is 1. The average molecular weight is 678 g/mol. The first-order chi connectivity index (χ1) is 22.1. The van der Waals surface area contributed by atoms with Gasteiger partial charge < -0.3 is 20.8 Å². The Morgan fingerprint density at radius 3 is 2.60 bits per heavy atom. The predicted molar refractivity (Wildman–Crippen MR) is 172 cm³/mol. The van der Waals surface area contributed by atoms with Crippen LogP contribution in [0.1, 0.15) is 78.6 Å². The molecular formula is C32H47N5O9S. The van der Waals surface area contributed by atoms with Gasteiger partial charge in [-0.2, -0.15) is 8.42 Å². The molecule has 15 heteroatoms. The number of anilines is 1. The first kappa shape index (κ1) is 34.0. The van der Waals surface area contributed by atoms with E-state index in [9.17, 15) is 33.5 Å². The second-order valence-corrected chi connectivity index (χ2v) is 16.8. The van der Waals surface area contributed by atoms with E-state index in [1.54, 1.807) is 6.07 Å². The highest BCUT2D eigenvalue weighted by Crippen LogP contribution is 2.68. The van der Waals surface area contributed by atoms with Crippen molar-refractivity contribution in [2.45, 2.75) is 96.8 Å². The Balaban J connectivity index is 1.27. The molecule has 5 N–H and O–H groups in total. The number of fused-ring (bicyclic) bond motifs is 6. The van der Waals surface area contributed by atoms with Crippen molar-refractivity contribution in [3.05, 3.63) is 22.2 Å². The zero-order valence-corrected chi connectivity index (χ0v) is 28.0. The minimum absolute atomic E-state index is 0.0378. The van der Waals surface area contributed by atoms with Gasteiger partial charge in [0, 0.05) is 25.1 Å². The van der Waals surface area contributed by atoms with Gasteiger partial charge in [-0.3, -0.25) is 19.5 Å². The number of aromatic nitrogens is 2. The fraction of sp³-hybridized carbons (Fsp3) is 0.781. The van der Waals surface area contributed by atoms with Crippen molar-refractivity contribution in [1.29, 1.82) is 0 Å². The van der Waals surface area contributed by atoms with Crippen molar-refractivity contribution in [3.63, 3.8) is 0 Å². The van der Waals surface area contributed by atoms with E-state index in [2.05, 4.69) is 41.7 Å². The molecule has 2 aromatic rings. The van der Waals surface area contributed by atoms with Crippen LogP contribution in [0.5, 0.6) is 0 Å². The van der Waals surface area contributed by atoms with E-state index in [1.165, 1.54) is 6.07 Å². The Bertz CT molecular complexity index is 1620. The van der Waals surface area contributed by atoms with Crippen LogP contribution in [-0.4, -0.2) is 74.9 Å². The number of nitrogens with one attached hydrogen (secondary N) is 2. The maximum Gasteiger partial charge on any atom is 0.300 e. The number of hydrogen-bond acceptors (Lipinski definition) is 11. The zero-order valence-electron chi connectivity index (χ0n) is 27.2. The molecule has 1 heterocycles. The maximum atomic E-state index is 12.5. The molecule has 4 aliphatic carbocycles. The molecule has 0 spiro atoms. The van der Waals surface area contributed by atoms with E-state index in [1.807, 2.05) is 0 Å². The minimum Gasteiger partial charge on any atom is -0.393 e. The van der Waals surface area contributed by atoms with E-state index in [4.69, 9.17) is 9.18 Å². The number of benzene rings is 1. The van der Waals surface area contributed by atoms with Crippen molar-refractivity contribution in [2.75, 3.05) is 17.6 Å². The van der Waals surface area contributed by atoms with Crippen LogP contribution in [0.4, 0.5) is 11.4 Å². The van der Waals surface area contributed by atoms with Crippen LogP contribution in [0.25, 0.3) is 11.0 Å². The summed E-state index contributed by atoms with van der Waals surface area (Å²) in [5.41, 5.74) is 0.384. The topological polar surface area (TPSA) is 218 Å². The third kappa shape index (κ3) is 6.12. The highest BCUT2D eigenvalue weighted by molar-refractivity contribution is 7.85. The molecule has 0 bridgehead atoms. The third-order valence-electron chi connectivity index (χ3n) is 13.0. The summed E-state index contributed by atoms with van der Waals surface area (Å²) in [7, 11) is -4.15. The molecule has 14 nitrogen and oxygen atoms in total. The van der Waals surface area contributed by atoms with Gasteiger partial charge in [-0.25, -0.2) is 4.63 Å². The molecule has 260 valence electrons. The monoisotopic (exact) mass is 677 g/mol. The second kappa shape index (κ2) is 12.5. The summed E-state index contributed by atoms with van der Waals surface area (Å²) >= 11 is 0. The summed E-state index contributed by atoms with van der Waals surface area (Å²) in [6.45, 7) is 6.53. The summed E-state index contributed by atoms with van der Waals surface area (Å²) in [6.07, 6.45) is 5.52. The normalized spacial score (nSPS) is 37.4. The van der Waals surface area contributed by atoms with Gasteiger partial charge in [-0.05, 0) is 114 Å². The number of aliphatic hydroxyl groups is 2. The van der Waals surface area contributed by atoms with E-state index in [0.717, 1.165) is 32.1 Å². The molecule has 4 saturated carbocycles. The zero-order chi connectivity index (χ0) is 33.9. The van der Waals surface area contributed by atoms with Crippen LogP contribution in [-0.2, 0) is 14.9 Å². The highest BCUT2D eigenvalue weighted by Gasteiger charge is 2.65. The first-order valence-corrected chi connectivity index (χ1v) is 18.5. The molecule has 1 aromatic heterocycles. The van der Waals surface area contributed by atoms with E-state index in [0.29, 0.717) is 30.5 Å². The van der Waals surface area contributed by atoms with Crippen LogP contribution >= 0.6 is 0 Å². The molecule has 0 saturated heterocycles. The van der Waals surface area contributed by atoms with E-state index < -0.39 is 32.3 Å². The molecule has 0 radical (unpaired) electrons. The molecule has 0 aliphatic heterocycles. The smallest absolute Gasteiger partial charge is 0.300 e. The summed E-state index contributed by atoms with van der Waals surface area (Å²) in [6, 6.07) is 3.05. The van der Waals surface area contributed by atoms with Crippen molar-refractivity contribution in [1.82, 2.24) is 15.6 Å². The number of non-ortho nitro benzene ring substituents is 1. The Labute approximate surface area is 274 Å². The quantitative estimate of drug-likeness (QED) is 0.137. The molecule has 6 rings (SSSR count). The Morgan fingerprint density at radius 2 is 1.87 bits per heavy atom. The highest BCUT2D eigenvalue weighted by atomic mass is 32.2. The van der Waals surface area contributed by atoms with E-state index in [-0.39, 0.29) is 83.1 Å². The van der Waals surface area contributed by atoms with E-state index >= 15 is 0 Å². The third-order valence-corrected chi connectivity index (χ3v) is 13.7.